The van der Waals surface area contributed by atoms with E-state index in [2.05, 4.69) is 20.1 Å². The SMILES string of the molecule is Cc1noc(-c2ccc3nccnc3c2)n1. The lowest BCUT2D eigenvalue weighted by Gasteiger charge is -1.97. The molecule has 0 amide bonds. The molecule has 0 aliphatic rings. The molecule has 0 spiro atoms. The molecule has 1 aromatic carbocycles. The average molecular weight is 212 g/mol. The van der Waals surface area contributed by atoms with Crippen molar-refractivity contribution >= 4 is 11.0 Å². The fourth-order valence-electron chi connectivity index (χ4n) is 1.51. The van der Waals surface area contributed by atoms with Gasteiger partial charge in [-0.15, -0.1) is 0 Å². The zero-order valence-electron chi connectivity index (χ0n) is 8.58. The average Bonchev–Trinajstić information content (AvgIpc) is 2.75. The van der Waals surface area contributed by atoms with Gasteiger partial charge in [0.25, 0.3) is 5.89 Å². The molecule has 0 fully saturated rings. The Labute approximate surface area is 91.2 Å². The van der Waals surface area contributed by atoms with Gasteiger partial charge in [0, 0.05) is 18.0 Å². The fraction of sp³-hybridized carbons (Fsp3) is 0.0909. The van der Waals surface area contributed by atoms with Crippen molar-refractivity contribution in [1.82, 2.24) is 20.1 Å². The second-order valence-corrected chi connectivity index (χ2v) is 3.41. The molecular formula is C11H8N4O. The maximum Gasteiger partial charge on any atom is 0.257 e. The van der Waals surface area contributed by atoms with E-state index in [1.807, 2.05) is 18.2 Å². The summed E-state index contributed by atoms with van der Waals surface area (Å²) in [6.07, 6.45) is 3.32. The Hall–Kier alpha value is -2.30. The van der Waals surface area contributed by atoms with Gasteiger partial charge in [0.1, 0.15) is 0 Å². The third-order valence-corrected chi connectivity index (χ3v) is 2.24. The number of fused-ring (bicyclic) bond motifs is 1. The molecule has 0 N–H and O–H groups in total. The highest BCUT2D eigenvalue weighted by atomic mass is 16.5. The Kier molecular flexibility index (Phi) is 1.89. The van der Waals surface area contributed by atoms with Crippen LogP contribution in [0, 0.1) is 6.92 Å². The van der Waals surface area contributed by atoms with Crippen LogP contribution < -0.4 is 0 Å². The van der Waals surface area contributed by atoms with Crippen molar-refractivity contribution in [3.8, 4) is 11.5 Å². The molecule has 2 heterocycles. The molecule has 0 saturated heterocycles. The van der Waals surface area contributed by atoms with E-state index < -0.39 is 0 Å². The molecule has 0 radical (unpaired) electrons. The van der Waals surface area contributed by atoms with Crippen LogP contribution in [0.2, 0.25) is 0 Å². The van der Waals surface area contributed by atoms with Crippen LogP contribution in [-0.4, -0.2) is 20.1 Å². The quantitative estimate of drug-likeness (QED) is 0.617. The molecule has 5 nitrogen and oxygen atoms in total. The summed E-state index contributed by atoms with van der Waals surface area (Å²) in [5.41, 5.74) is 2.52. The Balaban J connectivity index is 2.18. The lowest BCUT2D eigenvalue weighted by atomic mass is 10.2. The number of nitrogens with zero attached hydrogens (tertiary/aromatic N) is 4. The summed E-state index contributed by atoms with van der Waals surface area (Å²) < 4.78 is 5.09. The van der Waals surface area contributed by atoms with Crippen LogP contribution in [-0.2, 0) is 0 Å². The second kappa shape index (κ2) is 3.37. The molecule has 5 heteroatoms. The monoisotopic (exact) mass is 212 g/mol. The van der Waals surface area contributed by atoms with Crippen LogP contribution >= 0.6 is 0 Å². The van der Waals surface area contributed by atoms with Gasteiger partial charge < -0.3 is 4.52 Å². The van der Waals surface area contributed by atoms with Crippen LogP contribution in [0.3, 0.4) is 0 Å². The lowest BCUT2D eigenvalue weighted by Crippen LogP contribution is -1.84. The summed E-state index contributed by atoms with van der Waals surface area (Å²) in [7, 11) is 0. The molecule has 2 aromatic heterocycles. The summed E-state index contributed by atoms with van der Waals surface area (Å²) in [5, 5.41) is 3.75. The third-order valence-electron chi connectivity index (χ3n) is 2.24. The zero-order valence-corrected chi connectivity index (χ0v) is 8.58. The number of hydrogen-bond acceptors (Lipinski definition) is 5. The number of aromatic nitrogens is 4. The zero-order chi connectivity index (χ0) is 11.0. The summed E-state index contributed by atoms with van der Waals surface area (Å²) in [6.45, 7) is 1.79. The topological polar surface area (TPSA) is 64.7 Å². The van der Waals surface area contributed by atoms with E-state index in [1.165, 1.54) is 0 Å². The van der Waals surface area contributed by atoms with Crippen molar-refractivity contribution in [1.29, 1.82) is 0 Å². The highest BCUT2D eigenvalue weighted by Crippen LogP contribution is 2.20. The smallest absolute Gasteiger partial charge is 0.257 e. The van der Waals surface area contributed by atoms with Crippen LogP contribution in [0.5, 0.6) is 0 Å². The molecule has 3 aromatic rings. The molecule has 16 heavy (non-hydrogen) atoms. The summed E-state index contributed by atoms with van der Waals surface area (Å²) in [5.74, 6) is 1.12. The van der Waals surface area contributed by atoms with Gasteiger partial charge in [-0.25, -0.2) is 0 Å². The van der Waals surface area contributed by atoms with Gasteiger partial charge in [0.2, 0.25) is 0 Å². The van der Waals surface area contributed by atoms with Gasteiger partial charge in [-0.05, 0) is 25.1 Å². The Morgan fingerprint density at radius 1 is 1.06 bits per heavy atom. The van der Waals surface area contributed by atoms with Crippen LogP contribution in [0.25, 0.3) is 22.5 Å². The predicted octanol–water partition coefficient (Wildman–Crippen LogP) is 1.99. The first-order chi connectivity index (χ1) is 7.83. The maximum atomic E-state index is 5.09. The highest BCUT2D eigenvalue weighted by molar-refractivity contribution is 5.79. The van der Waals surface area contributed by atoms with Crippen LogP contribution in [0.1, 0.15) is 5.82 Å². The predicted molar refractivity (Wildman–Crippen MR) is 57.6 cm³/mol. The Morgan fingerprint density at radius 3 is 2.62 bits per heavy atom. The van der Waals surface area contributed by atoms with E-state index in [-0.39, 0.29) is 0 Å². The summed E-state index contributed by atoms with van der Waals surface area (Å²) >= 11 is 0. The first-order valence-corrected chi connectivity index (χ1v) is 4.84. The van der Waals surface area contributed by atoms with E-state index in [0.717, 1.165) is 16.6 Å². The van der Waals surface area contributed by atoms with Gasteiger partial charge in [-0.3, -0.25) is 9.97 Å². The molecule has 0 saturated carbocycles. The van der Waals surface area contributed by atoms with Crippen molar-refractivity contribution in [3.05, 3.63) is 36.4 Å². The van der Waals surface area contributed by atoms with Crippen molar-refractivity contribution in [2.45, 2.75) is 6.92 Å². The van der Waals surface area contributed by atoms with Crippen molar-refractivity contribution in [2.75, 3.05) is 0 Å². The Morgan fingerprint density at radius 2 is 1.88 bits per heavy atom. The minimum Gasteiger partial charge on any atom is -0.334 e. The normalized spacial score (nSPS) is 10.8. The standard InChI is InChI=1S/C11H8N4O/c1-7-14-11(16-15-7)8-2-3-9-10(6-8)13-5-4-12-9/h2-6H,1H3. The molecule has 0 aliphatic carbocycles. The molecule has 0 unspecified atom stereocenters. The molecule has 0 atom stereocenters. The van der Waals surface area contributed by atoms with Crippen LogP contribution in [0.4, 0.5) is 0 Å². The van der Waals surface area contributed by atoms with E-state index in [1.54, 1.807) is 19.3 Å². The van der Waals surface area contributed by atoms with Gasteiger partial charge in [0.05, 0.1) is 11.0 Å². The summed E-state index contributed by atoms with van der Waals surface area (Å²) in [4.78, 5) is 12.6. The fourth-order valence-corrected chi connectivity index (χ4v) is 1.51. The van der Waals surface area contributed by atoms with Crippen molar-refractivity contribution in [2.24, 2.45) is 0 Å². The molecular weight excluding hydrogens is 204 g/mol. The van der Waals surface area contributed by atoms with E-state index >= 15 is 0 Å². The van der Waals surface area contributed by atoms with E-state index in [4.69, 9.17) is 4.52 Å². The van der Waals surface area contributed by atoms with Crippen LogP contribution in [0.15, 0.2) is 35.1 Å². The highest BCUT2D eigenvalue weighted by Gasteiger charge is 2.07. The number of benzene rings is 1. The first kappa shape index (κ1) is 8.96. The maximum absolute atomic E-state index is 5.09. The lowest BCUT2D eigenvalue weighted by molar-refractivity contribution is 0.425. The first-order valence-electron chi connectivity index (χ1n) is 4.84. The number of aryl methyl sites for hydroxylation is 1. The Bertz CT molecular complexity index is 647. The number of rotatable bonds is 1. The second-order valence-electron chi connectivity index (χ2n) is 3.41. The van der Waals surface area contributed by atoms with Crippen molar-refractivity contribution < 1.29 is 4.52 Å². The number of hydrogen-bond donors (Lipinski definition) is 0. The van der Waals surface area contributed by atoms with Gasteiger partial charge in [0.15, 0.2) is 5.82 Å². The van der Waals surface area contributed by atoms with Gasteiger partial charge in [-0.1, -0.05) is 5.16 Å². The van der Waals surface area contributed by atoms with Gasteiger partial charge >= 0.3 is 0 Å². The molecule has 78 valence electrons. The largest absolute Gasteiger partial charge is 0.334 e. The third kappa shape index (κ3) is 1.42. The van der Waals surface area contributed by atoms with Crippen molar-refractivity contribution in [3.63, 3.8) is 0 Å². The summed E-state index contributed by atoms with van der Waals surface area (Å²) in [6, 6.07) is 5.66. The minimum absolute atomic E-state index is 0.505. The molecule has 3 rings (SSSR count). The molecule has 0 bridgehead atoms. The molecule has 0 aliphatic heterocycles. The van der Waals surface area contributed by atoms with Gasteiger partial charge in [-0.2, -0.15) is 4.98 Å². The van der Waals surface area contributed by atoms with E-state index in [9.17, 15) is 0 Å². The minimum atomic E-state index is 0.505. The van der Waals surface area contributed by atoms with E-state index in [0.29, 0.717) is 11.7 Å².